The quantitative estimate of drug-likeness (QED) is 0.404. The lowest BCUT2D eigenvalue weighted by molar-refractivity contribution is 0.102. The maximum atomic E-state index is 12.6. The van der Waals surface area contributed by atoms with Crippen LogP contribution in [0.2, 0.25) is 0 Å². The lowest BCUT2D eigenvalue weighted by atomic mass is 10.1. The van der Waals surface area contributed by atoms with Gasteiger partial charge >= 0.3 is 0 Å². The average molecular weight is 462 g/mol. The molecule has 8 heteroatoms. The molecule has 7 nitrogen and oxygen atoms in total. The topological polar surface area (TPSA) is 90.3 Å². The van der Waals surface area contributed by atoms with Gasteiger partial charge in [-0.15, -0.1) is 0 Å². The van der Waals surface area contributed by atoms with Crippen molar-refractivity contribution < 1.29 is 17.9 Å². The van der Waals surface area contributed by atoms with Gasteiger partial charge in [-0.3, -0.25) is 9.48 Å². The average Bonchev–Trinajstić information content (AvgIpc) is 3.34. The molecule has 168 valence electrons. The van der Waals surface area contributed by atoms with Crippen LogP contribution in [0.5, 0.6) is 5.75 Å². The molecule has 0 unspecified atom stereocenters. The van der Waals surface area contributed by atoms with Crippen LogP contribution < -0.4 is 10.1 Å². The van der Waals surface area contributed by atoms with Crippen molar-refractivity contribution in [1.29, 1.82) is 0 Å². The lowest BCUT2D eigenvalue weighted by Crippen LogP contribution is -2.12. The summed E-state index contributed by atoms with van der Waals surface area (Å²) in [6, 6.07) is 23.9. The second-order valence-electron chi connectivity index (χ2n) is 7.37. The zero-order valence-corrected chi connectivity index (χ0v) is 18.6. The fraction of sp³-hybridized carbons (Fsp3) is 0.120. The minimum atomic E-state index is -3.44. The predicted molar refractivity (Wildman–Crippen MR) is 126 cm³/mol. The van der Waals surface area contributed by atoms with Crippen molar-refractivity contribution in [3.8, 4) is 5.75 Å². The maximum absolute atomic E-state index is 12.6. The van der Waals surface area contributed by atoms with Crippen LogP contribution in [0.25, 0.3) is 0 Å². The van der Waals surface area contributed by atoms with Gasteiger partial charge in [-0.1, -0.05) is 36.4 Å². The van der Waals surface area contributed by atoms with Gasteiger partial charge in [0.25, 0.3) is 5.91 Å². The normalized spacial score (nSPS) is 11.2. The Bertz CT molecular complexity index is 1300. The summed E-state index contributed by atoms with van der Waals surface area (Å²) >= 11 is 0. The first-order valence-corrected chi connectivity index (χ1v) is 12.0. The fourth-order valence-corrected chi connectivity index (χ4v) is 4.61. The van der Waals surface area contributed by atoms with Gasteiger partial charge in [-0.25, -0.2) is 8.42 Å². The standard InChI is InChI=1S/C25H23N3O4S/c29-25(27-22-6-4-7-23(18-22)32-17-16-28-15-5-14-26-28)21-12-10-20(11-13-21)19-33(30,31)24-8-2-1-3-9-24/h1-15,18H,16-17,19H2,(H,27,29). The van der Waals surface area contributed by atoms with Gasteiger partial charge in [-0.2, -0.15) is 5.10 Å². The van der Waals surface area contributed by atoms with E-state index >= 15 is 0 Å². The number of nitrogens with zero attached hydrogens (tertiary/aromatic N) is 2. The highest BCUT2D eigenvalue weighted by molar-refractivity contribution is 7.90. The molecular weight excluding hydrogens is 438 g/mol. The zero-order chi connectivity index (χ0) is 23.1. The van der Waals surface area contributed by atoms with Crippen molar-refractivity contribution in [3.63, 3.8) is 0 Å². The number of hydrogen-bond acceptors (Lipinski definition) is 5. The van der Waals surface area contributed by atoms with Gasteiger partial charge in [0, 0.05) is 29.7 Å². The summed E-state index contributed by atoms with van der Waals surface area (Å²) in [5, 5.41) is 6.97. The van der Waals surface area contributed by atoms with Gasteiger partial charge < -0.3 is 10.1 Å². The summed E-state index contributed by atoms with van der Waals surface area (Å²) in [5.41, 5.74) is 1.65. The first kappa shape index (κ1) is 22.3. The second-order valence-corrected chi connectivity index (χ2v) is 9.36. The summed E-state index contributed by atoms with van der Waals surface area (Å²) < 4.78 is 32.6. The Balaban J connectivity index is 1.35. The van der Waals surface area contributed by atoms with E-state index in [-0.39, 0.29) is 16.6 Å². The fourth-order valence-electron chi connectivity index (χ4n) is 3.24. The van der Waals surface area contributed by atoms with Crippen LogP contribution in [0.4, 0.5) is 5.69 Å². The second kappa shape index (κ2) is 10.1. The number of hydrogen-bond donors (Lipinski definition) is 1. The number of benzene rings is 3. The van der Waals surface area contributed by atoms with E-state index in [9.17, 15) is 13.2 Å². The first-order valence-electron chi connectivity index (χ1n) is 10.4. The van der Waals surface area contributed by atoms with Crippen LogP contribution in [0.3, 0.4) is 0 Å². The monoisotopic (exact) mass is 461 g/mol. The minimum Gasteiger partial charge on any atom is -0.492 e. The Morgan fingerprint density at radius 2 is 1.73 bits per heavy atom. The number of rotatable bonds is 9. The van der Waals surface area contributed by atoms with Crippen molar-refractivity contribution in [2.45, 2.75) is 17.2 Å². The van der Waals surface area contributed by atoms with Gasteiger partial charge in [-0.05, 0) is 48.0 Å². The van der Waals surface area contributed by atoms with Crippen molar-refractivity contribution in [2.24, 2.45) is 0 Å². The van der Waals surface area contributed by atoms with E-state index < -0.39 is 9.84 Å². The highest BCUT2D eigenvalue weighted by Crippen LogP contribution is 2.20. The Hall–Kier alpha value is -3.91. The molecule has 0 atom stereocenters. The van der Waals surface area contributed by atoms with Crippen LogP contribution >= 0.6 is 0 Å². The van der Waals surface area contributed by atoms with E-state index in [0.717, 1.165) is 0 Å². The van der Waals surface area contributed by atoms with Crippen molar-refractivity contribution >= 4 is 21.4 Å². The Morgan fingerprint density at radius 1 is 0.939 bits per heavy atom. The van der Waals surface area contributed by atoms with E-state index in [0.29, 0.717) is 35.7 Å². The van der Waals surface area contributed by atoms with E-state index in [1.807, 2.05) is 18.3 Å². The van der Waals surface area contributed by atoms with Gasteiger partial charge in [0.1, 0.15) is 12.4 Å². The molecule has 0 saturated heterocycles. The third-order valence-corrected chi connectivity index (χ3v) is 6.62. The van der Waals surface area contributed by atoms with Crippen molar-refractivity contribution in [2.75, 3.05) is 11.9 Å². The Kier molecular flexibility index (Phi) is 6.85. The Morgan fingerprint density at radius 3 is 2.45 bits per heavy atom. The van der Waals surface area contributed by atoms with Gasteiger partial charge in [0.05, 0.1) is 17.2 Å². The molecule has 0 aliphatic rings. The van der Waals surface area contributed by atoms with Crippen LogP contribution in [0.1, 0.15) is 15.9 Å². The zero-order valence-electron chi connectivity index (χ0n) is 17.8. The number of anilines is 1. The molecule has 4 rings (SSSR count). The first-order chi connectivity index (χ1) is 16.0. The molecule has 33 heavy (non-hydrogen) atoms. The van der Waals surface area contributed by atoms with Crippen LogP contribution in [0, 0.1) is 0 Å². The molecule has 1 N–H and O–H groups in total. The summed E-state index contributed by atoms with van der Waals surface area (Å²) in [6.45, 7) is 1.07. The maximum Gasteiger partial charge on any atom is 0.255 e. The molecule has 0 bridgehead atoms. The molecule has 0 radical (unpaired) electrons. The molecular formula is C25H23N3O4S. The molecule has 1 heterocycles. The van der Waals surface area contributed by atoms with Gasteiger partial charge in [0.2, 0.25) is 0 Å². The molecule has 4 aromatic rings. The van der Waals surface area contributed by atoms with Crippen LogP contribution in [0.15, 0.2) is 102 Å². The summed E-state index contributed by atoms with van der Waals surface area (Å²) in [4.78, 5) is 12.9. The number of carbonyl (C=O) groups is 1. The molecule has 0 fully saturated rings. The number of nitrogens with one attached hydrogen (secondary N) is 1. The molecule has 1 amide bonds. The molecule has 1 aromatic heterocycles. The minimum absolute atomic E-state index is 0.128. The van der Waals surface area contributed by atoms with Crippen LogP contribution in [-0.2, 0) is 22.1 Å². The van der Waals surface area contributed by atoms with E-state index in [1.54, 1.807) is 83.7 Å². The molecule has 0 saturated carbocycles. The SMILES string of the molecule is O=C(Nc1cccc(OCCn2cccn2)c1)c1ccc(CS(=O)(=O)c2ccccc2)cc1. The predicted octanol–water partition coefficient (Wildman–Crippen LogP) is 4.19. The number of ether oxygens (including phenoxy) is 1. The highest BCUT2D eigenvalue weighted by Gasteiger charge is 2.15. The third kappa shape index (κ3) is 6.08. The smallest absolute Gasteiger partial charge is 0.255 e. The number of aromatic nitrogens is 2. The van der Waals surface area contributed by atoms with Crippen molar-refractivity contribution in [1.82, 2.24) is 9.78 Å². The number of carbonyl (C=O) groups excluding carboxylic acids is 1. The van der Waals surface area contributed by atoms with Crippen LogP contribution in [-0.4, -0.2) is 30.7 Å². The number of sulfone groups is 1. The summed E-state index contributed by atoms with van der Waals surface area (Å²) in [6.07, 6.45) is 3.58. The number of amides is 1. The highest BCUT2D eigenvalue weighted by atomic mass is 32.2. The largest absolute Gasteiger partial charge is 0.492 e. The van der Waals surface area contributed by atoms with E-state index in [2.05, 4.69) is 10.4 Å². The molecule has 0 aliphatic carbocycles. The van der Waals surface area contributed by atoms with E-state index in [4.69, 9.17) is 4.74 Å². The molecule has 0 aliphatic heterocycles. The third-order valence-electron chi connectivity index (χ3n) is 4.92. The lowest BCUT2D eigenvalue weighted by Gasteiger charge is -2.10. The van der Waals surface area contributed by atoms with Crippen molar-refractivity contribution in [3.05, 3.63) is 108 Å². The summed E-state index contributed by atoms with van der Waals surface area (Å²) in [5.74, 6) is 0.221. The Labute approximate surface area is 192 Å². The summed E-state index contributed by atoms with van der Waals surface area (Å²) in [7, 11) is -3.44. The van der Waals surface area contributed by atoms with E-state index in [1.165, 1.54) is 0 Å². The molecule has 0 spiro atoms. The molecule has 3 aromatic carbocycles. The van der Waals surface area contributed by atoms with Gasteiger partial charge in [0.15, 0.2) is 9.84 Å².